The zero-order chi connectivity index (χ0) is 8.27. The highest BCUT2D eigenvalue weighted by molar-refractivity contribution is 5.95. The zero-order valence-electron chi connectivity index (χ0n) is 5.93. The summed E-state index contributed by atoms with van der Waals surface area (Å²) < 4.78 is 0. The van der Waals surface area contributed by atoms with Crippen molar-refractivity contribution in [1.82, 2.24) is 4.98 Å². The van der Waals surface area contributed by atoms with Crippen molar-refractivity contribution in [3.63, 3.8) is 0 Å². The third-order valence-electron chi connectivity index (χ3n) is 1.17. The van der Waals surface area contributed by atoms with Gasteiger partial charge < -0.3 is 5.11 Å². The fraction of sp³-hybridized carbons (Fsp3) is 0. The first-order chi connectivity index (χ1) is 5.25. The summed E-state index contributed by atoms with van der Waals surface area (Å²) >= 11 is 0. The molecule has 0 radical (unpaired) electrons. The molecular formula is C7H6ClNO3. The van der Waals surface area contributed by atoms with Gasteiger partial charge in [-0.05, 0) is 12.1 Å². The molecule has 0 fully saturated rings. The zero-order valence-corrected chi connectivity index (χ0v) is 6.75. The van der Waals surface area contributed by atoms with Gasteiger partial charge in [-0.15, -0.1) is 12.4 Å². The van der Waals surface area contributed by atoms with Crippen LogP contribution in [0.25, 0.3) is 0 Å². The lowest BCUT2D eigenvalue weighted by Gasteiger charge is -1.94. The number of halogens is 1. The van der Waals surface area contributed by atoms with Gasteiger partial charge in [0.1, 0.15) is 0 Å². The van der Waals surface area contributed by atoms with Gasteiger partial charge in [0.2, 0.25) is 0 Å². The number of aromatic nitrogens is 1. The maximum Gasteiger partial charge on any atom is 0.355 e. The van der Waals surface area contributed by atoms with Crippen molar-refractivity contribution in [2.24, 2.45) is 0 Å². The third-order valence-corrected chi connectivity index (χ3v) is 1.17. The molecule has 0 aromatic carbocycles. The second kappa shape index (κ2) is 4.46. The van der Waals surface area contributed by atoms with Gasteiger partial charge in [-0.3, -0.25) is 4.79 Å². The first kappa shape index (κ1) is 10.6. The van der Waals surface area contributed by atoms with Gasteiger partial charge in [0, 0.05) is 11.8 Å². The second-order valence-electron chi connectivity index (χ2n) is 1.86. The number of aromatic carboxylic acids is 1. The lowest BCUT2D eigenvalue weighted by molar-refractivity contribution is 0.0687. The molecule has 0 saturated heterocycles. The summed E-state index contributed by atoms with van der Waals surface area (Å²) in [6, 6.07) is 2.92. The van der Waals surface area contributed by atoms with Crippen LogP contribution in [0, 0.1) is 0 Å². The Bertz CT molecular complexity index is 300. The van der Waals surface area contributed by atoms with Gasteiger partial charge in [-0.25, -0.2) is 9.78 Å². The number of aldehydes is 1. The monoisotopic (exact) mass is 187 g/mol. The standard InChI is InChI=1S/C7H5NO3.ClH/c9-4-5-2-1-3-8-6(5)7(10)11;/h1-4H,(H,10,11);1H. The Hall–Kier alpha value is -1.42. The number of carbonyl (C=O) groups excluding carboxylic acids is 1. The Morgan fingerprint density at radius 1 is 1.58 bits per heavy atom. The van der Waals surface area contributed by atoms with E-state index >= 15 is 0 Å². The van der Waals surface area contributed by atoms with E-state index in [-0.39, 0.29) is 23.7 Å². The SMILES string of the molecule is Cl.O=Cc1cccnc1C(=O)O. The maximum absolute atomic E-state index is 10.4. The lowest BCUT2D eigenvalue weighted by Crippen LogP contribution is -2.04. The van der Waals surface area contributed by atoms with E-state index < -0.39 is 5.97 Å². The molecule has 0 spiro atoms. The summed E-state index contributed by atoms with van der Waals surface area (Å²) in [4.78, 5) is 24.1. The molecule has 1 rings (SSSR count). The van der Waals surface area contributed by atoms with E-state index in [1.54, 1.807) is 0 Å². The highest BCUT2D eigenvalue weighted by Crippen LogP contribution is 2.00. The third kappa shape index (κ3) is 2.03. The van der Waals surface area contributed by atoms with Crippen molar-refractivity contribution >= 4 is 24.7 Å². The minimum atomic E-state index is -1.19. The quantitative estimate of drug-likeness (QED) is 0.702. The number of hydrogen-bond acceptors (Lipinski definition) is 3. The van der Waals surface area contributed by atoms with E-state index in [0.29, 0.717) is 6.29 Å². The van der Waals surface area contributed by atoms with E-state index in [1.807, 2.05) is 0 Å². The van der Waals surface area contributed by atoms with Crippen LogP contribution >= 0.6 is 12.4 Å². The summed E-state index contributed by atoms with van der Waals surface area (Å²) in [5, 5.41) is 8.48. The van der Waals surface area contributed by atoms with E-state index in [1.165, 1.54) is 18.3 Å². The van der Waals surface area contributed by atoms with Gasteiger partial charge in [0.05, 0.1) is 0 Å². The molecule has 1 heterocycles. The molecule has 0 saturated carbocycles. The minimum absolute atomic E-state index is 0. The minimum Gasteiger partial charge on any atom is -0.476 e. The number of hydrogen-bond donors (Lipinski definition) is 1. The fourth-order valence-electron chi connectivity index (χ4n) is 0.692. The van der Waals surface area contributed by atoms with E-state index in [9.17, 15) is 9.59 Å². The Balaban J connectivity index is 0.00000121. The van der Waals surface area contributed by atoms with E-state index in [0.717, 1.165) is 0 Å². The van der Waals surface area contributed by atoms with Gasteiger partial charge in [0.25, 0.3) is 0 Å². The molecule has 1 aromatic heterocycles. The van der Waals surface area contributed by atoms with Crippen molar-refractivity contribution in [2.45, 2.75) is 0 Å². The molecule has 0 bridgehead atoms. The number of carboxylic acid groups (broad SMARTS) is 1. The Labute approximate surface area is 74.7 Å². The highest BCUT2D eigenvalue weighted by Gasteiger charge is 2.08. The second-order valence-corrected chi connectivity index (χ2v) is 1.86. The number of pyridine rings is 1. The van der Waals surface area contributed by atoms with Crippen molar-refractivity contribution in [3.8, 4) is 0 Å². The molecule has 0 amide bonds. The fourth-order valence-corrected chi connectivity index (χ4v) is 0.692. The largest absolute Gasteiger partial charge is 0.476 e. The molecule has 0 aliphatic carbocycles. The van der Waals surface area contributed by atoms with Crippen LogP contribution in [-0.4, -0.2) is 22.3 Å². The molecule has 4 nitrogen and oxygen atoms in total. The van der Waals surface area contributed by atoms with Crippen LogP contribution in [-0.2, 0) is 0 Å². The summed E-state index contributed by atoms with van der Waals surface area (Å²) in [7, 11) is 0. The summed E-state index contributed by atoms with van der Waals surface area (Å²) in [6.45, 7) is 0. The average molecular weight is 188 g/mol. The molecular weight excluding hydrogens is 182 g/mol. The van der Waals surface area contributed by atoms with E-state index in [4.69, 9.17) is 5.11 Å². The van der Waals surface area contributed by atoms with Crippen molar-refractivity contribution in [2.75, 3.05) is 0 Å². The molecule has 12 heavy (non-hydrogen) atoms. The van der Waals surface area contributed by atoms with Crippen LogP contribution < -0.4 is 0 Å². The lowest BCUT2D eigenvalue weighted by atomic mass is 10.2. The molecule has 1 aromatic rings. The van der Waals surface area contributed by atoms with Crippen LogP contribution in [0.2, 0.25) is 0 Å². The Morgan fingerprint density at radius 3 is 2.67 bits per heavy atom. The predicted molar refractivity (Wildman–Crippen MR) is 43.8 cm³/mol. The van der Waals surface area contributed by atoms with Crippen LogP contribution in [0.1, 0.15) is 20.8 Å². The summed E-state index contributed by atoms with van der Waals surface area (Å²) in [5.74, 6) is -1.19. The van der Waals surface area contributed by atoms with Gasteiger partial charge >= 0.3 is 5.97 Å². The number of nitrogens with zero attached hydrogens (tertiary/aromatic N) is 1. The summed E-state index contributed by atoms with van der Waals surface area (Å²) in [5.41, 5.74) is -0.109. The molecule has 64 valence electrons. The average Bonchev–Trinajstić information content (AvgIpc) is 2.04. The molecule has 0 aliphatic rings. The number of carboxylic acids is 1. The predicted octanol–water partition coefficient (Wildman–Crippen LogP) is 1.01. The maximum atomic E-state index is 10.4. The van der Waals surface area contributed by atoms with Crippen LogP contribution in [0.5, 0.6) is 0 Å². The molecule has 5 heteroatoms. The first-order valence-corrected chi connectivity index (χ1v) is 2.89. The van der Waals surface area contributed by atoms with Gasteiger partial charge in [-0.2, -0.15) is 0 Å². The molecule has 0 aliphatic heterocycles. The summed E-state index contributed by atoms with van der Waals surface area (Å²) in [6.07, 6.45) is 1.80. The van der Waals surface area contributed by atoms with Crippen LogP contribution in [0.3, 0.4) is 0 Å². The van der Waals surface area contributed by atoms with Crippen molar-refractivity contribution < 1.29 is 14.7 Å². The van der Waals surface area contributed by atoms with Crippen LogP contribution in [0.4, 0.5) is 0 Å². The molecule has 0 unspecified atom stereocenters. The molecule has 0 atom stereocenters. The van der Waals surface area contributed by atoms with Crippen LogP contribution in [0.15, 0.2) is 18.3 Å². The van der Waals surface area contributed by atoms with Gasteiger partial charge in [-0.1, -0.05) is 0 Å². The Morgan fingerprint density at radius 2 is 2.25 bits per heavy atom. The van der Waals surface area contributed by atoms with Gasteiger partial charge in [0.15, 0.2) is 12.0 Å². The van der Waals surface area contributed by atoms with Crippen molar-refractivity contribution in [3.05, 3.63) is 29.6 Å². The van der Waals surface area contributed by atoms with Crippen molar-refractivity contribution in [1.29, 1.82) is 0 Å². The normalized spacial score (nSPS) is 8.33. The topological polar surface area (TPSA) is 67.3 Å². The van der Waals surface area contributed by atoms with E-state index in [2.05, 4.69) is 4.98 Å². The Kier molecular flexibility index (Phi) is 3.93. The number of carbonyl (C=O) groups is 2. The first-order valence-electron chi connectivity index (χ1n) is 2.89. The number of rotatable bonds is 2. The highest BCUT2D eigenvalue weighted by atomic mass is 35.5. The molecule has 1 N–H and O–H groups in total. The smallest absolute Gasteiger partial charge is 0.355 e.